The smallest absolute Gasteiger partial charge is 0.161 e. The standard InChI is InChI=1S/C13H18N4O/c1-2-4-15-13-8-11(3-5-16-13)17-6-7-18-12(9-14)10-17/h3,5,8,12H,2,4,6-7,10H2,1H3,(H,15,16). The SMILES string of the molecule is CCCNc1cc(N2CCOC(C#N)C2)ccn1. The molecule has 0 spiro atoms. The average molecular weight is 246 g/mol. The molecule has 18 heavy (non-hydrogen) atoms. The van der Waals surface area contributed by atoms with E-state index < -0.39 is 0 Å². The largest absolute Gasteiger partial charge is 0.370 e. The number of nitrogens with zero attached hydrogens (tertiary/aromatic N) is 3. The van der Waals surface area contributed by atoms with E-state index in [2.05, 4.69) is 28.2 Å². The molecule has 5 nitrogen and oxygen atoms in total. The monoisotopic (exact) mass is 246 g/mol. The van der Waals surface area contributed by atoms with E-state index in [-0.39, 0.29) is 6.10 Å². The van der Waals surface area contributed by atoms with Crippen LogP contribution in [-0.4, -0.2) is 37.3 Å². The van der Waals surface area contributed by atoms with Gasteiger partial charge in [0.2, 0.25) is 0 Å². The lowest BCUT2D eigenvalue weighted by molar-refractivity contribution is 0.0764. The summed E-state index contributed by atoms with van der Waals surface area (Å²) >= 11 is 0. The van der Waals surface area contributed by atoms with Gasteiger partial charge in [0.25, 0.3) is 0 Å². The van der Waals surface area contributed by atoms with Gasteiger partial charge >= 0.3 is 0 Å². The predicted octanol–water partition coefficient (Wildman–Crippen LogP) is 1.63. The third-order valence-corrected chi connectivity index (χ3v) is 2.88. The summed E-state index contributed by atoms with van der Waals surface area (Å²) in [5.41, 5.74) is 1.09. The molecular weight excluding hydrogens is 228 g/mol. The fourth-order valence-electron chi connectivity index (χ4n) is 1.93. The Morgan fingerprint density at radius 3 is 3.33 bits per heavy atom. The summed E-state index contributed by atoms with van der Waals surface area (Å²) in [4.78, 5) is 6.44. The van der Waals surface area contributed by atoms with Crippen molar-refractivity contribution >= 4 is 11.5 Å². The Morgan fingerprint density at radius 1 is 1.67 bits per heavy atom. The Balaban J connectivity index is 2.05. The number of pyridine rings is 1. The van der Waals surface area contributed by atoms with Crippen LogP contribution < -0.4 is 10.2 Å². The van der Waals surface area contributed by atoms with Gasteiger partial charge in [0.1, 0.15) is 5.82 Å². The number of rotatable bonds is 4. The van der Waals surface area contributed by atoms with Gasteiger partial charge in [0.05, 0.1) is 19.2 Å². The predicted molar refractivity (Wildman–Crippen MR) is 70.6 cm³/mol. The Bertz CT molecular complexity index is 429. The zero-order valence-corrected chi connectivity index (χ0v) is 10.6. The first-order valence-corrected chi connectivity index (χ1v) is 6.29. The van der Waals surface area contributed by atoms with Crippen LogP contribution in [0.4, 0.5) is 11.5 Å². The molecule has 1 aliphatic heterocycles. The first kappa shape index (κ1) is 12.7. The van der Waals surface area contributed by atoms with Gasteiger partial charge in [-0.05, 0) is 12.5 Å². The molecule has 96 valence electrons. The fraction of sp³-hybridized carbons (Fsp3) is 0.538. The molecule has 2 rings (SSSR count). The van der Waals surface area contributed by atoms with Crippen LogP contribution in [0.15, 0.2) is 18.3 Å². The molecule has 0 aromatic carbocycles. The maximum Gasteiger partial charge on any atom is 0.161 e. The van der Waals surface area contributed by atoms with E-state index in [1.807, 2.05) is 12.1 Å². The molecule has 1 atom stereocenters. The number of nitriles is 1. The van der Waals surface area contributed by atoms with Gasteiger partial charge in [0, 0.05) is 31.0 Å². The zero-order valence-electron chi connectivity index (χ0n) is 10.6. The highest BCUT2D eigenvalue weighted by atomic mass is 16.5. The van der Waals surface area contributed by atoms with E-state index in [0.717, 1.165) is 31.0 Å². The minimum Gasteiger partial charge on any atom is -0.370 e. The molecule has 0 aliphatic carbocycles. The Kier molecular flexibility index (Phi) is 4.37. The highest BCUT2D eigenvalue weighted by Gasteiger charge is 2.20. The summed E-state index contributed by atoms with van der Waals surface area (Å²) in [6.45, 7) is 5.07. The lowest BCUT2D eigenvalue weighted by atomic mass is 10.2. The molecule has 2 heterocycles. The maximum absolute atomic E-state index is 8.90. The van der Waals surface area contributed by atoms with E-state index in [4.69, 9.17) is 10.00 Å². The fourth-order valence-corrected chi connectivity index (χ4v) is 1.93. The van der Waals surface area contributed by atoms with Crippen LogP contribution in [-0.2, 0) is 4.74 Å². The summed E-state index contributed by atoms with van der Waals surface area (Å²) in [5, 5.41) is 12.2. The molecule has 1 aromatic rings. The van der Waals surface area contributed by atoms with Crippen LogP contribution in [0, 0.1) is 11.3 Å². The molecule has 1 unspecified atom stereocenters. The van der Waals surface area contributed by atoms with Crippen LogP contribution in [0.2, 0.25) is 0 Å². The Labute approximate surface area is 107 Å². The van der Waals surface area contributed by atoms with Crippen LogP contribution in [0.3, 0.4) is 0 Å². The molecule has 0 amide bonds. The molecule has 1 aliphatic rings. The molecule has 0 saturated carbocycles. The molecule has 1 saturated heterocycles. The minimum atomic E-state index is -0.334. The second-order valence-electron chi connectivity index (χ2n) is 4.26. The summed E-state index contributed by atoms with van der Waals surface area (Å²) < 4.78 is 5.34. The quantitative estimate of drug-likeness (QED) is 0.875. The normalized spacial score (nSPS) is 19.3. The van der Waals surface area contributed by atoms with Crippen LogP contribution in [0.1, 0.15) is 13.3 Å². The molecule has 0 radical (unpaired) electrons. The molecular formula is C13H18N4O. The van der Waals surface area contributed by atoms with E-state index in [1.165, 1.54) is 0 Å². The van der Waals surface area contributed by atoms with Crippen molar-refractivity contribution in [3.05, 3.63) is 18.3 Å². The number of hydrogen-bond donors (Lipinski definition) is 1. The van der Waals surface area contributed by atoms with Gasteiger partial charge in [-0.15, -0.1) is 0 Å². The molecule has 1 fully saturated rings. The zero-order chi connectivity index (χ0) is 12.8. The number of nitrogens with one attached hydrogen (secondary N) is 1. The first-order valence-electron chi connectivity index (χ1n) is 6.29. The van der Waals surface area contributed by atoms with E-state index in [9.17, 15) is 0 Å². The van der Waals surface area contributed by atoms with Crippen molar-refractivity contribution in [2.45, 2.75) is 19.4 Å². The van der Waals surface area contributed by atoms with Gasteiger partial charge in [-0.2, -0.15) is 5.26 Å². The average Bonchev–Trinajstić information content (AvgIpc) is 2.45. The molecule has 0 bridgehead atoms. The second kappa shape index (κ2) is 6.22. The van der Waals surface area contributed by atoms with Gasteiger partial charge in [-0.3, -0.25) is 0 Å². The van der Waals surface area contributed by atoms with E-state index in [1.54, 1.807) is 6.20 Å². The summed E-state index contributed by atoms with van der Waals surface area (Å²) in [6, 6.07) is 6.15. The first-order chi connectivity index (χ1) is 8.83. The molecule has 1 N–H and O–H groups in total. The Hall–Kier alpha value is -1.80. The van der Waals surface area contributed by atoms with Crippen molar-refractivity contribution in [1.29, 1.82) is 5.26 Å². The van der Waals surface area contributed by atoms with Crippen molar-refractivity contribution in [2.24, 2.45) is 0 Å². The number of ether oxygens (including phenoxy) is 1. The van der Waals surface area contributed by atoms with Crippen molar-refractivity contribution in [2.75, 3.05) is 36.5 Å². The van der Waals surface area contributed by atoms with Crippen molar-refractivity contribution in [3.63, 3.8) is 0 Å². The number of morpholine rings is 1. The van der Waals surface area contributed by atoms with Crippen molar-refractivity contribution in [1.82, 2.24) is 4.98 Å². The van der Waals surface area contributed by atoms with Crippen molar-refractivity contribution < 1.29 is 4.74 Å². The molecule has 1 aromatic heterocycles. The summed E-state index contributed by atoms with van der Waals surface area (Å²) in [5.74, 6) is 0.884. The minimum absolute atomic E-state index is 0.334. The third-order valence-electron chi connectivity index (χ3n) is 2.88. The van der Waals surface area contributed by atoms with Crippen molar-refractivity contribution in [3.8, 4) is 6.07 Å². The van der Waals surface area contributed by atoms with Crippen LogP contribution in [0.25, 0.3) is 0 Å². The number of hydrogen-bond acceptors (Lipinski definition) is 5. The van der Waals surface area contributed by atoms with Crippen LogP contribution in [0.5, 0.6) is 0 Å². The topological polar surface area (TPSA) is 61.2 Å². The lowest BCUT2D eigenvalue weighted by Gasteiger charge is -2.31. The number of aromatic nitrogens is 1. The summed E-state index contributed by atoms with van der Waals surface area (Å²) in [7, 11) is 0. The molecule has 5 heteroatoms. The van der Waals surface area contributed by atoms with Gasteiger partial charge in [0.15, 0.2) is 6.10 Å². The number of anilines is 2. The highest BCUT2D eigenvalue weighted by molar-refractivity contribution is 5.54. The highest BCUT2D eigenvalue weighted by Crippen LogP contribution is 2.19. The van der Waals surface area contributed by atoms with E-state index in [0.29, 0.717) is 13.2 Å². The van der Waals surface area contributed by atoms with E-state index >= 15 is 0 Å². The van der Waals surface area contributed by atoms with Gasteiger partial charge in [-0.25, -0.2) is 4.98 Å². The van der Waals surface area contributed by atoms with Crippen LogP contribution >= 0.6 is 0 Å². The van der Waals surface area contributed by atoms with Gasteiger partial charge in [-0.1, -0.05) is 6.92 Å². The van der Waals surface area contributed by atoms with Gasteiger partial charge < -0.3 is 15.0 Å². The summed E-state index contributed by atoms with van der Waals surface area (Å²) in [6.07, 6.45) is 2.53. The maximum atomic E-state index is 8.90. The second-order valence-corrected chi connectivity index (χ2v) is 4.26. The Morgan fingerprint density at radius 2 is 2.56 bits per heavy atom. The lowest BCUT2D eigenvalue weighted by Crippen LogP contribution is -2.41. The third kappa shape index (κ3) is 3.11.